The maximum absolute atomic E-state index is 2.50. The Morgan fingerprint density at radius 1 is 1.07 bits per heavy atom. The van der Waals surface area contributed by atoms with Gasteiger partial charge >= 0.3 is 0 Å². The van der Waals surface area contributed by atoms with Crippen molar-refractivity contribution in [2.24, 2.45) is 28.6 Å². The molecule has 90 valence electrons. The predicted octanol–water partition coefficient (Wildman–Crippen LogP) is 5.13. The Morgan fingerprint density at radius 2 is 1.60 bits per heavy atom. The first-order chi connectivity index (χ1) is 6.79. The topological polar surface area (TPSA) is 0 Å². The van der Waals surface area contributed by atoms with Gasteiger partial charge in [-0.2, -0.15) is 0 Å². The first kappa shape index (κ1) is 13.1. The molecular formula is C15H30. The summed E-state index contributed by atoms with van der Waals surface area (Å²) in [6.45, 7) is 17.1. The van der Waals surface area contributed by atoms with Crippen molar-refractivity contribution < 1.29 is 0 Å². The van der Waals surface area contributed by atoms with Gasteiger partial charge in [0.2, 0.25) is 0 Å². The average molecular weight is 210 g/mol. The van der Waals surface area contributed by atoms with Gasteiger partial charge in [-0.15, -0.1) is 0 Å². The van der Waals surface area contributed by atoms with Crippen molar-refractivity contribution in [1.29, 1.82) is 0 Å². The summed E-state index contributed by atoms with van der Waals surface area (Å²) in [5.74, 6) is 2.73. The van der Waals surface area contributed by atoms with Crippen molar-refractivity contribution in [2.45, 2.75) is 67.7 Å². The highest BCUT2D eigenvalue weighted by Crippen LogP contribution is 2.61. The Balaban J connectivity index is 2.96. The van der Waals surface area contributed by atoms with E-state index in [9.17, 15) is 0 Å². The van der Waals surface area contributed by atoms with Gasteiger partial charge < -0.3 is 0 Å². The van der Waals surface area contributed by atoms with Crippen molar-refractivity contribution in [3.05, 3.63) is 0 Å². The van der Waals surface area contributed by atoms with Crippen LogP contribution in [0.4, 0.5) is 0 Å². The van der Waals surface area contributed by atoms with Crippen LogP contribution in [0.1, 0.15) is 67.7 Å². The van der Waals surface area contributed by atoms with Crippen molar-refractivity contribution in [1.82, 2.24) is 0 Å². The molecule has 0 aromatic heterocycles. The smallest absolute Gasteiger partial charge is 0.0269 e. The van der Waals surface area contributed by atoms with Crippen LogP contribution in [0.5, 0.6) is 0 Å². The second kappa shape index (κ2) is 4.11. The predicted molar refractivity (Wildman–Crippen MR) is 68.9 cm³/mol. The van der Waals surface area contributed by atoms with Gasteiger partial charge in [-0.1, -0.05) is 61.3 Å². The van der Waals surface area contributed by atoms with E-state index in [4.69, 9.17) is 0 Å². The molecule has 0 radical (unpaired) electrons. The van der Waals surface area contributed by atoms with Gasteiger partial charge in [-0.3, -0.25) is 0 Å². The van der Waals surface area contributed by atoms with E-state index in [1.807, 2.05) is 0 Å². The minimum absolute atomic E-state index is 0.503. The molecule has 0 heteroatoms. The Hall–Kier alpha value is 0. The van der Waals surface area contributed by atoms with Gasteiger partial charge in [0, 0.05) is 0 Å². The lowest BCUT2D eigenvalue weighted by Gasteiger charge is -2.43. The molecule has 1 saturated carbocycles. The highest BCUT2D eigenvalue weighted by molar-refractivity contribution is 5.03. The SMILES string of the molecule is CCC(C)C1CC(CC)C(C)(C)C1(C)C. The molecule has 0 nitrogen and oxygen atoms in total. The zero-order chi connectivity index (χ0) is 11.9. The van der Waals surface area contributed by atoms with Gasteiger partial charge in [0.05, 0.1) is 0 Å². The van der Waals surface area contributed by atoms with Gasteiger partial charge in [0.25, 0.3) is 0 Å². The Morgan fingerprint density at radius 3 is 1.93 bits per heavy atom. The molecule has 3 unspecified atom stereocenters. The molecule has 0 bridgehead atoms. The van der Waals surface area contributed by atoms with Crippen molar-refractivity contribution >= 4 is 0 Å². The fraction of sp³-hybridized carbons (Fsp3) is 1.00. The quantitative estimate of drug-likeness (QED) is 0.605. The summed E-state index contributed by atoms with van der Waals surface area (Å²) >= 11 is 0. The van der Waals surface area contributed by atoms with E-state index < -0.39 is 0 Å². The second-order valence-electron chi connectivity index (χ2n) is 6.78. The number of rotatable bonds is 3. The first-order valence-corrected chi connectivity index (χ1v) is 6.79. The van der Waals surface area contributed by atoms with Crippen LogP contribution in [0.25, 0.3) is 0 Å². The van der Waals surface area contributed by atoms with E-state index in [2.05, 4.69) is 48.5 Å². The molecule has 0 heterocycles. The zero-order valence-electron chi connectivity index (χ0n) is 11.9. The largest absolute Gasteiger partial charge is 0.0651 e. The van der Waals surface area contributed by atoms with Crippen molar-refractivity contribution in [2.75, 3.05) is 0 Å². The van der Waals surface area contributed by atoms with Gasteiger partial charge in [0.1, 0.15) is 0 Å². The average Bonchev–Trinajstić information content (AvgIpc) is 2.34. The van der Waals surface area contributed by atoms with Crippen LogP contribution in [-0.4, -0.2) is 0 Å². The standard InChI is InChI=1S/C15H30/c1-8-11(3)13-10-12(9-2)14(4,5)15(13,6)7/h11-13H,8-10H2,1-7H3. The maximum atomic E-state index is 2.50. The lowest BCUT2D eigenvalue weighted by atomic mass is 9.62. The molecule has 1 aliphatic rings. The van der Waals surface area contributed by atoms with Crippen LogP contribution in [0, 0.1) is 28.6 Å². The third-order valence-electron chi connectivity index (χ3n) is 5.97. The molecule has 1 aliphatic carbocycles. The molecular weight excluding hydrogens is 180 g/mol. The van der Waals surface area contributed by atoms with E-state index >= 15 is 0 Å². The Labute approximate surface area is 96.8 Å². The maximum Gasteiger partial charge on any atom is -0.0269 e. The molecule has 0 N–H and O–H groups in total. The third kappa shape index (κ3) is 1.85. The van der Waals surface area contributed by atoms with Gasteiger partial charge in [-0.05, 0) is 35.0 Å². The normalized spacial score (nSPS) is 35.4. The molecule has 1 fully saturated rings. The minimum Gasteiger partial charge on any atom is -0.0651 e. The summed E-state index contributed by atoms with van der Waals surface area (Å²) < 4.78 is 0. The molecule has 0 amide bonds. The fourth-order valence-corrected chi connectivity index (χ4v) is 3.80. The first-order valence-electron chi connectivity index (χ1n) is 6.79. The molecule has 3 atom stereocenters. The number of hydrogen-bond donors (Lipinski definition) is 0. The minimum atomic E-state index is 0.503. The molecule has 0 spiro atoms. The van der Waals surface area contributed by atoms with E-state index in [1.165, 1.54) is 19.3 Å². The van der Waals surface area contributed by atoms with Crippen LogP contribution >= 0.6 is 0 Å². The lowest BCUT2D eigenvalue weighted by Crippen LogP contribution is -2.36. The number of hydrogen-bond acceptors (Lipinski definition) is 0. The van der Waals surface area contributed by atoms with Crippen LogP contribution in [0.3, 0.4) is 0 Å². The van der Waals surface area contributed by atoms with Crippen LogP contribution in [0.15, 0.2) is 0 Å². The third-order valence-corrected chi connectivity index (χ3v) is 5.97. The molecule has 15 heavy (non-hydrogen) atoms. The van der Waals surface area contributed by atoms with Gasteiger partial charge in [0.15, 0.2) is 0 Å². The lowest BCUT2D eigenvalue weighted by molar-refractivity contribution is 0.0560. The van der Waals surface area contributed by atoms with Crippen molar-refractivity contribution in [3.8, 4) is 0 Å². The second-order valence-corrected chi connectivity index (χ2v) is 6.78. The van der Waals surface area contributed by atoms with E-state index in [0.717, 1.165) is 17.8 Å². The molecule has 1 rings (SSSR count). The van der Waals surface area contributed by atoms with E-state index in [1.54, 1.807) is 0 Å². The summed E-state index contributed by atoms with van der Waals surface area (Å²) in [7, 11) is 0. The summed E-state index contributed by atoms with van der Waals surface area (Å²) in [6, 6.07) is 0. The van der Waals surface area contributed by atoms with Crippen LogP contribution in [0.2, 0.25) is 0 Å². The van der Waals surface area contributed by atoms with Crippen LogP contribution in [-0.2, 0) is 0 Å². The monoisotopic (exact) mass is 210 g/mol. The highest BCUT2D eigenvalue weighted by Gasteiger charge is 2.54. The van der Waals surface area contributed by atoms with Gasteiger partial charge in [-0.25, -0.2) is 0 Å². The molecule has 0 aromatic rings. The molecule has 0 aliphatic heterocycles. The molecule has 0 saturated heterocycles. The Kier molecular flexibility index (Phi) is 3.58. The summed E-state index contributed by atoms with van der Waals surface area (Å²) in [6.07, 6.45) is 4.13. The fourth-order valence-electron chi connectivity index (χ4n) is 3.80. The zero-order valence-corrected chi connectivity index (χ0v) is 11.9. The summed E-state index contributed by atoms with van der Waals surface area (Å²) in [4.78, 5) is 0. The van der Waals surface area contributed by atoms with E-state index in [0.29, 0.717) is 10.8 Å². The summed E-state index contributed by atoms with van der Waals surface area (Å²) in [5.41, 5.74) is 1.01. The Bertz CT molecular complexity index is 212. The molecule has 0 aromatic carbocycles. The van der Waals surface area contributed by atoms with E-state index in [-0.39, 0.29) is 0 Å². The summed E-state index contributed by atoms with van der Waals surface area (Å²) in [5, 5.41) is 0. The van der Waals surface area contributed by atoms with Crippen molar-refractivity contribution in [3.63, 3.8) is 0 Å². The van der Waals surface area contributed by atoms with Crippen LogP contribution < -0.4 is 0 Å². The highest BCUT2D eigenvalue weighted by atomic mass is 14.6.